The zero-order valence-electron chi connectivity index (χ0n) is 13.4. The number of likely N-dealkylation sites (N-methyl/N-ethyl adjacent to an activating group) is 1. The van der Waals surface area contributed by atoms with E-state index in [1.807, 2.05) is 12.1 Å². The molecule has 0 fully saturated rings. The summed E-state index contributed by atoms with van der Waals surface area (Å²) in [6, 6.07) is 21.0. The normalized spacial score (nSPS) is 21.2. The highest BCUT2D eigenvalue weighted by Gasteiger charge is 2.40. The van der Waals surface area contributed by atoms with Crippen LogP contribution in [-0.4, -0.2) is 37.9 Å². The molecule has 0 aromatic heterocycles. The van der Waals surface area contributed by atoms with Crippen LogP contribution < -0.4 is 0 Å². The summed E-state index contributed by atoms with van der Waals surface area (Å²) in [6.07, 6.45) is 3.62. The Morgan fingerprint density at radius 2 is 1.74 bits per heavy atom. The van der Waals surface area contributed by atoms with Gasteiger partial charge in [0.05, 0.1) is 18.8 Å². The molecule has 3 rings (SSSR count). The molecule has 0 radical (unpaired) electrons. The van der Waals surface area contributed by atoms with Crippen molar-refractivity contribution in [2.24, 2.45) is 0 Å². The van der Waals surface area contributed by atoms with Crippen LogP contribution in [0.5, 0.6) is 0 Å². The molecular formula is C20H22N2O. The fourth-order valence-corrected chi connectivity index (χ4v) is 3.21. The van der Waals surface area contributed by atoms with Crippen LogP contribution in [0.2, 0.25) is 0 Å². The Bertz CT molecular complexity index is 681. The SMILES string of the molecule is CN1CC(c2ccccc2)=CC1(COCC=N)c1ccccc1. The van der Waals surface area contributed by atoms with E-state index < -0.39 is 0 Å². The van der Waals surface area contributed by atoms with Crippen molar-refractivity contribution in [2.45, 2.75) is 5.54 Å². The van der Waals surface area contributed by atoms with Gasteiger partial charge in [-0.3, -0.25) is 4.90 Å². The van der Waals surface area contributed by atoms with Gasteiger partial charge in [0, 0.05) is 12.8 Å². The molecular weight excluding hydrogens is 284 g/mol. The average Bonchev–Trinajstić information content (AvgIpc) is 2.95. The fraction of sp³-hybridized carbons (Fsp3) is 0.250. The Morgan fingerprint density at radius 3 is 2.39 bits per heavy atom. The smallest absolute Gasteiger partial charge is 0.0889 e. The molecule has 0 aliphatic carbocycles. The summed E-state index contributed by atoms with van der Waals surface area (Å²) in [4.78, 5) is 2.33. The lowest BCUT2D eigenvalue weighted by Gasteiger charge is -2.35. The average molecular weight is 306 g/mol. The van der Waals surface area contributed by atoms with Gasteiger partial charge in [0.1, 0.15) is 0 Å². The van der Waals surface area contributed by atoms with Crippen molar-refractivity contribution in [3.63, 3.8) is 0 Å². The van der Waals surface area contributed by atoms with Crippen LogP contribution >= 0.6 is 0 Å². The molecule has 0 saturated carbocycles. The summed E-state index contributed by atoms with van der Waals surface area (Å²) in [6.45, 7) is 1.77. The van der Waals surface area contributed by atoms with Crippen molar-refractivity contribution in [3.8, 4) is 0 Å². The maximum Gasteiger partial charge on any atom is 0.0889 e. The van der Waals surface area contributed by atoms with E-state index >= 15 is 0 Å². The van der Waals surface area contributed by atoms with Gasteiger partial charge in [0.15, 0.2) is 0 Å². The Kier molecular flexibility index (Phi) is 4.70. The van der Waals surface area contributed by atoms with Crippen LogP contribution in [0.4, 0.5) is 0 Å². The lowest BCUT2D eigenvalue weighted by atomic mass is 9.89. The van der Waals surface area contributed by atoms with E-state index in [9.17, 15) is 0 Å². The van der Waals surface area contributed by atoms with Gasteiger partial charge >= 0.3 is 0 Å². The van der Waals surface area contributed by atoms with Crippen LogP contribution in [0.15, 0.2) is 66.7 Å². The lowest BCUT2D eigenvalue weighted by molar-refractivity contribution is 0.0609. The molecule has 3 nitrogen and oxygen atoms in total. The van der Waals surface area contributed by atoms with Gasteiger partial charge in [-0.15, -0.1) is 0 Å². The van der Waals surface area contributed by atoms with E-state index in [1.165, 1.54) is 22.9 Å². The van der Waals surface area contributed by atoms with E-state index in [-0.39, 0.29) is 5.54 Å². The molecule has 1 atom stereocenters. The number of nitrogens with one attached hydrogen (secondary N) is 1. The second-order valence-electron chi connectivity index (χ2n) is 5.90. The highest BCUT2D eigenvalue weighted by Crippen LogP contribution is 2.39. The second-order valence-corrected chi connectivity index (χ2v) is 5.90. The van der Waals surface area contributed by atoms with Crippen LogP contribution in [0, 0.1) is 5.41 Å². The zero-order chi connectivity index (χ0) is 16.1. The first kappa shape index (κ1) is 15.7. The first-order valence-corrected chi connectivity index (χ1v) is 7.87. The van der Waals surface area contributed by atoms with Crippen molar-refractivity contribution in [2.75, 3.05) is 26.8 Å². The van der Waals surface area contributed by atoms with Crippen molar-refractivity contribution >= 4 is 11.8 Å². The van der Waals surface area contributed by atoms with Crippen LogP contribution in [0.25, 0.3) is 5.57 Å². The summed E-state index contributed by atoms with van der Waals surface area (Å²) in [5.41, 5.74) is 3.51. The van der Waals surface area contributed by atoms with Gasteiger partial charge in [-0.25, -0.2) is 0 Å². The molecule has 0 amide bonds. The highest BCUT2D eigenvalue weighted by molar-refractivity contribution is 5.71. The minimum atomic E-state index is -0.282. The minimum absolute atomic E-state index is 0.282. The van der Waals surface area contributed by atoms with E-state index in [4.69, 9.17) is 10.1 Å². The summed E-state index contributed by atoms with van der Waals surface area (Å²) in [7, 11) is 2.13. The molecule has 3 heteroatoms. The number of nitrogens with zero attached hydrogens (tertiary/aromatic N) is 1. The molecule has 118 valence electrons. The molecule has 1 N–H and O–H groups in total. The summed E-state index contributed by atoms with van der Waals surface area (Å²) in [5, 5.41) is 7.19. The predicted molar refractivity (Wildman–Crippen MR) is 94.8 cm³/mol. The molecule has 23 heavy (non-hydrogen) atoms. The lowest BCUT2D eigenvalue weighted by Crippen LogP contribution is -2.43. The summed E-state index contributed by atoms with van der Waals surface area (Å²) in [5.74, 6) is 0. The standard InChI is InChI=1S/C20H22N2O/c1-22-15-18(17-8-4-2-5-9-17)14-20(22,16-23-13-12-21)19-10-6-3-7-11-19/h2-12,14,21H,13,15-16H2,1H3. The van der Waals surface area contributed by atoms with Gasteiger partial charge in [-0.1, -0.05) is 66.7 Å². The number of benzene rings is 2. The van der Waals surface area contributed by atoms with Gasteiger partial charge in [-0.05, 0) is 23.7 Å². The number of hydrogen-bond acceptors (Lipinski definition) is 3. The molecule has 0 bridgehead atoms. The Morgan fingerprint density at radius 1 is 1.09 bits per heavy atom. The van der Waals surface area contributed by atoms with Gasteiger partial charge < -0.3 is 10.1 Å². The van der Waals surface area contributed by atoms with Crippen LogP contribution in [-0.2, 0) is 10.3 Å². The van der Waals surface area contributed by atoms with E-state index in [0.717, 1.165) is 6.54 Å². The second kappa shape index (κ2) is 6.90. The van der Waals surface area contributed by atoms with Crippen LogP contribution in [0.3, 0.4) is 0 Å². The molecule has 2 aromatic carbocycles. The van der Waals surface area contributed by atoms with Gasteiger partial charge in [-0.2, -0.15) is 0 Å². The Hall–Kier alpha value is -2.23. The van der Waals surface area contributed by atoms with Gasteiger partial charge in [0.25, 0.3) is 0 Å². The molecule has 1 unspecified atom stereocenters. The van der Waals surface area contributed by atoms with Crippen molar-refractivity contribution < 1.29 is 4.74 Å². The minimum Gasteiger partial charge on any atom is -0.373 e. The molecule has 0 saturated heterocycles. The fourth-order valence-electron chi connectivity index (χ4n) is 3.21. The summed E-state index contributed by atoms with van der Waals surface area (Å²) < 4.78 is 5.75. The van der Waals surface area contributed by atoms with E-state index in [1.54, 1.807) is 0 Å². The molecule has 1 aliphatic heterocycles. The van der Waals surface area contributed by atoms with Crippen molar-refractivity contribution in [1.82, 2.24) is 4.90 Å². The van der Waals surface area contributed by atoms with Gasteiger partial charge in [0.2, 0.25) is 0 Å². The summed E-state index contributed by atoms with van der Waals surface area (Å²) >= 11 is 0. The molecule has 1 heterocycles. The molecule has 1 aliphatic rings. The number of hydrogen-bond donors (Lipinski definition) is 1. The third-order valence-corrected chi connectivity index (χ3v) is 4.44. The quantitative estimate of drug-likeness (QED) is 0.654. The third-order valence-electron chi connectivity index (χ3n) is 4.44. The first-order chi connectivity index (χ1) is 11.3. The highest BCUT2D eigenvalue weighted by atomic mass is 16.5. The topological polar surface area (TPSA) is 36.3 Å². The maximum absolute atomic E-state index is 7.19. The van der Waals surface area contributed by atoms with Crippen LogP contribution in [0.1, 0.15) is 11.1 Å². The zero-order valence-corrected chi connectivity index (χ0v) is 13.4. The first-order valence-electron chi connectivity index (χ1n) is 7.87. The Labute approximate surface area is 137 Å². The molecule has 2 aromatic rings. The number of rotatable bonds is 6. The number of ether oxygens (including phenoxy) is 1. The predicted octanol–water partition coefficient (Wildman–Crippen LogP) is 3.58. The Balaban J connectivity index is 2.00. The monoisotopic (exact) mass is 306 g/mol. The molecule has 0 spiro atoms. The van der Waals surface area contributed by atoms with Crippen molar-refractivity contribution in [3.05, 3.63) is 77.9 Å². The maximum atomic E-state index is 7.19. The van der Waals surface area contributed by atoms with Crippen molar-refractivity contribution in [1.29, 1.82) is 5.41 Å². The largest absolute Gasteiger partial charge is 0.373 e. The van der Waals surface area contributed by atoms with E-state index in [0.29, 0.717) is 13.2 Å². The third kappa shape index (κ3) is 3.11. The van der Waals surface area contributed by atoms with E-state index in [2.05, 4.69) is 66.6 Å².